The normalized spacial score (nSPS) is 12.1. The van der Waals surface area contributed by atoms with Crippen molar-refractivity contribution < 1.29 is 14.6 Å². The van der Waals surface area contributed by atoms with E-state index in [9.17, 15) is 9.90 Å². The summed E-state index contributed by atoms with van der Waals surface area (Å²) in [5.41, 5.74) is 1.38. The summed E-state index contributed by atoms with van der Waals surface area (Å²) < 4.78 is 5.73. The molecule has 0 amide bonds. The lowest BCUT2D eigenvalue weighted by Crippen LogP contribution is -2.20. The predicted molar refractivity (Wildman–Crippen MR) is 132 cm³/mol. The van der Waals surface area contributed by atoms with Gasteiger partial charge in [0.2, 0.25) is 0 Å². The monoisotopic (exact) mass is 442 g/mol. The minimum atomic E-state index is -0.402. The summed E-state index contributed by atoms with van der Waals surface area (Å²) in [6.45, 7) is 14.4. The van der Waals surface area contributed by atoms with Crippen LogP contribution < -0.4 is 4.74 Å². The van der Waals surface area contributed by atoms with Gasteiger partial charge in [-0.2, -0.15) is 0 Å². The molecular formula is C27H38O3S. The molecule has 0 spiro atoms. The fraction of sp³-hybridized carbons (Fsp3) is 0.519. The Morgan fingerprint density at radius 3 is 2.10 bits per heavy atom. The highest BCUT2D eigenvalue weighted by molar-refractivity contribution is 7.99. The first-order valence-corrected chi connectivity index (χ1v) is 12.2. The largest absolute Gasteiger partial charge is 0.507 e. The smallest absolute Gasteiger partial charge is 0.343 e. The number of thioether (sulfide) groups is 1. The summed E-state index contributed by atoms with van der Waals surface area (Å²) in [4.78, 5) is 14.1. The maximum atomic E-state index is 13.0. The number of aromatic hydroxyl groups is 1. The molecule has 3 nitrogen and oxygen atoms in total. The summed E-state index contributed by atoms with van der Waals surface area (Å²) in [5.74, 6) is 1.48. The van der Waals surface area contributed by atoms with Crippen LogP contribution in [-0.4, -0.2) is 16.8 Å². The number of carbonyl (C=O) groups is 1. The van der Waals surface area contributed by atoms with Crippen molar-refractivity contribution >= 4 is 17.7 Å². The molecule has 0 fully saturated rings. The van der Waals surface area contributed by atoms with Crippen LogP contribution in [0.4, 0.5) is 0 Å². The van der Waals surface area contributed by atoms with Crippen LogP contribution in [0.3, 0.4) is 0 Å². The van der Waals surface area contributed by atoms with E-state index in [0.717, 1.165) is 21.8 Å². The van der Waals surface area contributed by atoms with Gasteiger partial charge in [-0.1, -0.05) is 73.8 Å². The molecule has 0 aromatic heterocycles. The Morgan fingerprint density at radius 1 is 0.935 bits per heavy atom. The van der Waals surface area contributed by atoms with Crippen LogP contribution in [0.5, 0.6) is 11.5 Å². The van der Waals surface area contributed by atoms with E-state index < -0.39 is 5.97 Å². The number of hydrogen-bond acceptors (Lipinski definition) is 4. The van der Waals surface area contributed by atoms with Crippen molar-refractivity contribution in [3.05, 3.63) is 53.1 Å². The SMILES string of the molecule is CCCCCCSc1cccc(OC(=O)c2cc(C(C)(C)C)c(O)c(C(C)(C)C)c2)c1. The van der Waals surface area contributed by atoms with Gasteiger partial charge in [-0.15, -0.1) is 11.8 Å². The second-order valence-electron chi connectivity index (χ2n) is 10.2. The van der Waals surface area contributed by atoms with Crippen LogP contribution in [0.15, 0.2) is 41.3 Å². The van der Waals surface area contributed by atoms with E-state index in [1.165, 1.54) is 25.7 Å². The van der Waals surface area contributed by atoms with Crippen molar-refractivity contribution in [1.82, 2.24) is 0 Å². The average molecular weight is 443 g/mol. The maximum Gasteiger partial charge on any atom is 0.343 e. The molecule has 0 saturated heterocycles. The number of esters is 1. The van der Waals surface area contributed by atoms with Gasteiger partial charge >= 0.3 is 5.97 Å². The molecule has 0 bridgehead atoms. The topological polar surface area (TPSA) is 46.5 Å². The van der Waals surface area contributed by atoms with Crippen molar-refractivity contribution in [3.8, 4) is 11.5 Å². The van der Waals surface area contributed by atoms with E-state index >= 15 is 0 Å². The van der Waals surface area contributed by atoms with Gasteiger partial charge in [0.15, 0.2) is 0 Å². The molecule has 0 aliphatic heterocycles. The summed E-state index contributed by atoms with van der Waals surface area (Å²) in [6.07, 6.45) is 4.96. The zero-order valence-corrected chi connectivity index (χ0v) is 21.0. The number of phenols is 1. The van der Waals surface area contributed by atoms with Crippen LogP contribution in [0.25, 0.3) is 0 Å². The number of carbonyl (C=O) groups excluding carboxylic acids is 1. The Kier molecular flexibility index (Phi) is 8.65. The first kappa shape index (κ1) is 25.3. The van der Waals surface area contributed by atoms with Crippen LogP contribution in [-0.2, 0) is 10.8 Å². The van der Waals surface area contributed by atoms with Crippen LogP contribution in [0.1, 0.15) is 95.6 Å². The number of benzene rings is 2. The number of rotatable bonds is 8. The quantitative estimate of drug-likeness (QED) is 0.195. The minimum Gasteiger partial charge on any atom is -0.507 e. The first-order valence-electron chi connectivity index (χ1n) is 11.3. The second kappa shape index (κ2) is 10.6. The Morgan fingerprint density at radius 2 is 1.55 bits per heavy atom. The molecular weight excluding hydrogens is 404 g/mol. The van der Waals surface area contributed by atoms with Gasteiger partial charge in [0.05, 0.1) is 5.56 Å². The van der Waals surface area contributed by atoms with E-state index in [0.29, 0.717) is 11.3 Å². The van der Waals surface area contributed by atoms with E-state index in [1.807, 2.05) is 59.7 Å². The van der Waals surface area contributed by atoms with E-state index in [4.69, 9.17) is 4.74 Å². The zero-order valence-electron chi connectivity index (χ0n) is 20.2. The fourth-order valence-electron chi connectivity index (χ4n) is 3.41. The van der Waals surface area contributed by atoms with E-state index in [2.05, 4.69) is 13.0 Å². The highest BCUT2D eigenvalue weighted by Gasteiger charge is 2.28. The van der Waals surface area contributed by atoms with Gasteiger partial charge < -0.3 is 9.84 Å². The molecule has 0 unspecified atom stereocenters. The highest BCUT2D eigenvalue weighted by Crippen LogP contribution is 2.40. The number of ether oxygens (including phenoxy) is 1. The zero-order chi connectivity index (χ0) is 23.2. The molecule has 0 aliphatic rings. The van der Waals surface area contributed by atoms with Gasteiger partial charge in [-0.05, 0) is 53.3 Å². The molecule has 2 aromatic rings. The molecule has 4 heteroatoms. The number of unbranched alkanes of at least 4 members (excludes halogenated alkanes) is 3. The molecule has 0 atom stereocenters. The molecule has 2 rings (SSSR count). The third-order valence-corrected chi connectivity index (χ3v) is 6.32. The summed E-state index contributed by atoms with van der Waals surface area (Å²) >= 11 is 1.80. The third-order valence-electron chi connectivity index (χ3n) is 5.24. The molecule has 31 heavy (non-hydrogen) atoms. The van der Waals surface area contributed by atoms with Crippen LogP contribution in [0, 0.1) is 0 Å². The summed E-state index contributed by atoms with van der Waals surface area (Å²) in [6, 6.07) is 11.2. The van der Waals surface area contributed by atoms with Gasteiger partial charge in [0.25, 0.3) is 0 Å². The Hall–Kier alpha value is -1.94. The van der Waals surface area contributed by atoms with Crippen molar-refractivity contribution in [2.24, 2.45) is 0 Å². The molecule has 0 radical (unpaired) electrons. The summed E-state index contributed by atoms with van der Waals surface area (Å²) in [7, 11) is 0. The second-order valence-corrected chi connectivity index (χ2v) is 11.4. The van der Waals surface area contributed by atoms with Crippen LogP contribution >= 0.6 is 11.8 Å². The van der Waals surface area contributed by atoms with Gasteiger partial charge in [0, 0.05) is 16.0 Å². The van der Waals surface area contributed by atoms with E-state index in [-0.39, 0.29) is 16.6 Å². The predicted octanol–water partition coefficient (Wildman–Crippen LogP) is 7.88. The Bertz CT molecular complexity index is 853. The lowest BCUT2D eigenvalue weighted by Gasteiger charge is -2.27. The highest BCUT2D eigenvalue weighted by atomic mass is 32.2. The van der Waals surface area contributed by atoms with Gasteiger partial charge in [-0.3, -0.25) is 0 Å². The Balaban J connectivity index is 2.23. The maximum absolute atomic E-state index is 13.0. The third kappa shape index (κ3) is 7.31. The molecule has 2 aromatic carbocycles. The van der Waals surface area contributed by atoms with Crippen molar-refractivity contribution in [2.45, 2.75) is 89.9 Å². The van der Waals surface area contributed by atoms with Crippen LogP contribution in [0.2, 0.25) is 0 Å². The summed E-state index contributed by atoms with van der Waals surface area (Å²) in [5, 5.41) is 10.9. The van der Waals surface area contributed by atoms with Crippen molar-refractivity contribution in [3.63, 3.8) is 0 Å². The lowest BCUT2D eigenvalue weighted by atomic mass is 9.78. The average Bonchev–Trinajstić information content (AvgIpc) is 2.66. The molecule has 0 aliphatic carbocycles. The lowest BCUT2D eigenvalue weighted by molar-refractivity contribution is 0.0734. The molecule has 170 valence electrons. The number of phenolic OH excluding ortho intramolecular Hbond substituents is 1. The standard InChI is InChI=1S/C27H38O3S/c1-8-9-10-11-15-31-21-14-12-13-20(18-21)30-25(29)19-16-22(26(2,3)4)24(28)23(17-19)27(5,6)7/h12-14,16-18,28H,8-11,15H2,1-7H3. The molecule has 1 N–H and O–H groups in total. The van der Waals surface area contributed by atoms with Gasteiger partial charge in [-0.25, -0.2) is 4.79 Å². The van der Waals surface area contributed by atoms with Crippen molar-refractivity contribution in [2.75, 3.05) is 5.75 Å². The first-order chi connectivity index (χ1) is 14.4. The molecule has 0 heterocycles. The molecule has 0 saturated carbocycles. The van der Waals surface area contributed by atoms with Crippen molar-refractivity contribution in [1.29, 1.82) is 0 Å². The number of hydrogen-bond donors (Lipinski definition) is 1. The fourth-order valence-corrected chi connectivity index (χ4v) is 4.37. The Labute approximate surface area is 192 Å². The van der Waals surface area contributed by atoms with Gasteiger partial charge in [0.1, 0.15) is 11.5 Å². The minimum absolute atomic E-state index is 0.262. The van der Waals surface area contributed by atoms with E-state index in [1.54, 1.807) is 23.9 Å².